The third kappa shape index (κ3) is 2.31. The van der Waals surface area contributed by atoms with E-state index in [-0.39, 0.29) is 17.2 Å². The molecule has 0 saturated carbocycles. The molecule has 0 bridgehead atoms. The highest BCUT2D eigenvalue weighted by Gasteiger charge is 2.11. The lowest BCUT2D eigenvalue weighted by Gasteiger charge is -2.10. The highest BCUT2D eigenvalue weighted by Crippen LogP contribution is 2.27. The lowest BCUT2D eigenvalue weighted by molar-refractivity contribution is 0.611. The second kappa shape index (κ2) is 4.59. The Labute approximate surface area is 98.1 Å². The molecular formula is C13H12F2N2. The van der Waals surface area contributed by atoms with Crippen molar-refractivity contribution >= 4 is 0 Å². The summed E-state index contributed by atoms with van der Waals surface area (Å²) in [6.45, 7) is 1.79. The van der Waals surface area contributed by atoms with Crippen molar-refractivity contribution < 1.29 is 8.78 Å². The highest BCUT2D eigenvalue weighted by atomic mass is 19.1. The van der Waals surface area contributed by atoms with Gasteiger partial charge in [-0.05, 0) is 30.7 Å². The average molecular weight is 234 g/mol. The van der Waals surface area contributed by atoms with Crippen LogP contribution in [0.1, 0.15) is 18.5 Å². The van der Waals surface area contributed by atoms with Gasteiger partial charge in [-0.1, -0.05) is 6.07 Å². The van der Waals surface area contributed by atoms with E-state index in [2.05, 4.69) is 4.98 Å². The van der Waals surface area contributed by atoms with Crippen LogP contribution in [-0.4, -0.2) is 4.98 Å². The molecule has 1 unspecified atom stereocenters. The number of rotatable bonds is 2. The largest absolute Gasteiger partial charge is 0.324 e. The lowest BCUT2D eigenvalue weighted by Crippen LogP contribution is -2.05. The second-order valence-electron chi connectivity index (χ2n) is 3.88. The first-order valence-corrected chi connectivity index (χ1v) is 5.24. The molecule has 0 aliphatic heterocycles. The molecule has 2 N–H and O–H groups in total. The zero-order valence-corrected chi connectivity index (χ0v) is 9.32. The van der Waals surface area contributed by atoms with Gasteiger partial charge >= 0.3 is 0 Å². The molecule has 2 aromatic rings. The van der Waals surface area contributed by atoms with Crippen molar-refractivity contribution in [3.8, 4) is 11.1 Å². The van der Waals surface area contributed by atoms with Gasteiger partial charge in [0.1, 0.15) is 11.6 Å². The maximum Gasteiger partial charge on any atom is 0.149 e. The van der Waals surface area contributed by atoms with E-state index in [1.807, 2.05) is 0 Å². The third-order valence-corrected chi connectivity index (χ3v) is 2.58. The molecule has 0 saturated heterocycles. The summed E-state index contributed by atoms with van der Waals surface area (Å²) < 4.78 is 27.2. The summed E-state index contributed by atoms with van der Waals surface area (Å²) in [4.78, 5) is 3.64. The summed E-state index contributed by atoms with van der Waals surface area (Å²) in [6.07, 6.45) is 2.49. The minimum Gasteiger partial charge on any atom is -0.324 e. The minimum absolute atomic E-state index is 0.194. The summed E-state index contributed by atoms with van der Waals surface area (Å²) >= 11 is 0. The SMILES string of the molecule is CC(N)c1ccc(F)c(-c2ccncc2F)c1. The van der Waals surface area contributed by atoms with E-state index in [0.717, 1.165) is 11.8 Å². The van der Waals surface area contributed by atoms with Gasteiger partial charge in [0.25, 0.3) is 0 Å². The highest BCUT2D eigenvalue weighted by molar-refractivity contribution is 5.65. The molecule has 0 aliphatic carbocycles. The van der Waals surface area contributed by atoms with Crippen molar-refractivity contribution in [3.05, 3.63) is 53.9 Å². The fraction of sp³-hybridized carbons (Fsp3) is 0.154. The van der Waals surface area contributed by atoms with Gasteiger partial charge in [-0.3, -0.25) is 4.98 Å². The molecule has 1 aromatic heterocycles. The second-order valence-corrected chi connectivity index (χ2v) is 3.88. The number of benzene rings is 1. The van der Waals surface area contributed by atoms with Crippen LogP contribution in [0.3, 0.4) is 0 Å². The lowest BCUT2D eigenvalue weighted by atomic mass is 10.0. The van der Waals surface area contributed by atoms with E-state index in [1.54, 1.807) is 19.1 Å². The zero-order valence-electron chi connectivity index (χ0n) is 9.32. The van der Waals surface area contributed by atoms with Crippen molar-refractivity contribution in [2.75, 3.05) is 0 Å². The Bertz CT molecular complexity index is 539. The molecule has 4 heteroatoms. The van der Waals surface area contributed by atoms with Crippen LogP contribution in [-0.2, 0) is 0 Å². The Morgan fingerprint density at radius 1 is 1.12 bits per heavy atom. The van der Waals surface area contributed by atoms with Crippen molar-refractivity contribution in [3.63, 3.8) is 0 Å². The maximum absolute atomic E-state index is 13.7. The first-order chi connectivity index (χ1) is 8.09. The Hall–Kier alpha value is -1.81. The van der Waals surface area contributed by atoms with E-state index in [1.165, 1.54) is 18.3 Å². The summed E-state index contributed by atoms with van der Waals surface area (Å²) in [5.41, 5.74) is 6.88. The molecule has 2 rings (SSSR count). The quantitative estimate of drug-likeness (QED) is 0.867. The van der Waals surface area contributed by atoms with Gasteiger partial charge in [0.05, 0.1) is 6.20 Å². The molecule has 0 radical (unpaired) electrons. The van der Waals surface area contributed by atoms with Gasteiger partial charge in [0, 0.05) is 23.4 Å². The molecule has 17 heavy (non-hydrogen) atoms. The first kappa shape index (κ1) is 11.7. The van der Waals surface area contributed by atoms with Crippen LogP contribution in [0.4, 0.5) is 8.78 Å². The van der Waals surface area contributed by atoms with Crippen LogP contribution >= 0.6 is 0 Å². The normalized spacial score (nSPS) is 12.5. The molecule has 0 amide bonds. The molecule has 2 nitrogen and oxygen atoms in total. The standard InChI is InChI=1S/C13H12F2N2/c1-8(16)9-2-3-12(14)11(6-9)10-4-5-17-7-13(10)15/h2-8H,16H2,1H3. The Morgan fingerprint density at radius 2 is 1.88 bits per heavy atom. The van der Waals surface area contributed by atoms with E-state index in [9.17, 15) is 8.78 Å². The van der Waals surface area contributed by atoms with E-state index in [4.69, 9.17) is 5.73 Å². The Morgan fingerprint density at radius 3 is 2.53 bits per heavy atom. The molecule has 0 fully saturated rings. The molecule has 88 valence electrons. The van der Waals surface area contributed by atoms with Crippen molar-refractivity contribution in [2.24, 2.45) is 5.73 Å². The minimum atomic E-state index is -0.548. The van der Waals surface area contributed by atoms with Gasteiger partial charge < -0.3 is 5.73 Å². The zero-order chi connectivity index (χ0) is 12.4. The molecule has 1 aromatic carbocycles. The van der Waals surface area contributed by atoms with E-state index < -0.39 is 11.6 Å². The maximum atomic E-state index is 13.7. The number of pyridine rings is 1. The number of nitrogens with two attached hydrogens (primary N) is 1. The van der Waals surface area contributed by atoms with Crippen molar-refractivity contribution in [1.82, 2.24) is 4.98 Å². The van der Waals surface area contributed by atoms with Crippen LogP contribution < -0.4 is 5.73 Å². The first-order valence-electron chi connectivity index (χ1n) is 5.24. The molecule has 0 spiro atoms. The number of hydrogen-bond donors (Lipinski definition) is 1. The van der Waals surface area contributed by atoms with Crippen molar-refractivity contribution in [2.45, 2.75) is 13.0 Å². The summed E-state index contributed by atoms with van der Waals surface area (Å²) in [5.74, 6) is -1.02. The molecule has 1 heterocycles. The van der Waals surface area contributed by atoms with Crippen LogP contribution in [0.25, 0.3) is 11.1 Å². The molecule has 1 atom stereocenters. The predicted molar refractivity (Wildman–Crippen MR) is 62.2 cm³/mol. The van der Waals surface area contributed by atoms with Gasteiger partial charge in [0.15, 0.2) is 0 Å². The van der Waals surface area contributed by atoms with E-state index in [0.29, 0.717) is 0 Å². The summed E-state index contributed by atoms with van der Waals surface area (Å²) in [6, 6.07) is 5.69. The third-order valence-electron chi connectivity index (χ3n) is 2.58. The van der Waals surface area contributed by atoms with Crippen LogP contribution in [0.2, 0.25) is 0 Å². The van der Waals surface area contributed by atoms with Crippen LogP contribution in [0.15, 0.2) is 36.7 Å². The fourth-order valence-electron chi connectivity index (χ4n) is 1.63. The predicted octanol–water partition coefficient (Wildman–Crippen LogP) is 3.05. The average Bonchev–Trinajstić information content (AvgIpc) is 2.30. The topological polar surface area (TPSA) is 38.9 Å². The van der Waals surface area contributed by atoms with Crippen molar-refractivity contribution in [1.29, 1.82) is 0 Å². The summed E-state index contributed by atoms with van der Waals surface area (Å²) in [5, 5.41) is 0. The number of hydrogen-bond acceptors (Lipinski definition) is 2. The number of nitrogens with zero attached hydrogens (tertiary/aromatic N) is 1. The van der Waals surface area contributed by atoms with Gasteiger partial charge in [-0.2, -0.15) is 0 Å². The smallest absolute Gasteiger partial charge is 0.149 e. The molecular weight excluding hydrogens is 222 g/mol. The van der Waals surface area contributed by atoms with Gasteiger partial charge in [0.2, 0.25) is 0 Å². The Kier molecular flexibility index (Phi) is 3.15. The van der Waals surface area contributed by atoms with Gasteiger partial charge in [-0.25, -0.2) is 8.78 Å². The van der Waals surface area contributed by atoms with Gasteiger partial charge in [-0.15, -0.1) is 0 Å². The van der Waals surface area contributed by atoms with E-state index >= 15 is 0 Å². The fourth-order valence-corrected chi connectivity index (χ4v) is 1.63. The number of halogens is 2. The number of aromatic nitrogens is 1. The Balaban J connectivity index is 2.59. The summed E-state index contributed by atoms with van der Waals surface area (Å²) in [7, 11) is 0. The van der Waals surface area contributed by atoms with Crippen LogP contribution in [0, 0.1) is 11.6 Å². The monoisotopic (exact) mass is 234 g/mol. The molecule has 0 aliphatic rings. The van der Waals surface area contributed by atoms with Crippen LogP contribution in [0.5, 0.6) is 0 Å².